The number of benzene rings is 1. The molecule has 1 unspecified atom stereocenters. The summed E-state index contributed by atoms with van der Waals surface area (Å²) in [7, 11) is 0. The minimum Gasteiger partial charge on any atom is -0.342 e. The van der Waals surface area contributed by atoms with Crippen molar-refractivity contribution in [3.8, 4) is 0 Å². The Balaban J connectivity index is 1.65. The minimum absolute atomic E-state index is 0.129. The molecule has 0 aliphatic carbocycles. The Morgan fingerprint density at radius 3 is 2.72 bits per heavy atom. The van der Waals surface area contributed by atoms with Crippen LogP contribution in [0.15, 0.2) is 23.0 Å². The number of hydrogen-bond donors (Lipinski definition) is 3. The molecule has 1 fully saturated rings. The third-order valence-corrected chi connectivity index (χ3v) is 5.61. The van der Waals surface area contributed by atoms with E-state index in [1.165, 1.54) is 0 Å². The van der Waals surface area contributed by atoms with E-state index in [9.17, 15) is 14.4 Å². The highest BCUT2D eigenvalue weighted by Crippen LogP contribution is 2.32. The van der Waals surface area contributed by atoms with Gasteiger partial charge in [0, 0.05) is 19.5 Å². The van der Waals surface area contributed by atoms with Crippen LogP contribution in [-0.4, -0.2) is 34.9 Å². The zero-order valence-electron chi connectivity index (χ0n) is 16.0. The van der Waals surface area contributed by atoms with Gasteiger partial charge in [0.05, 0.1) is 22.2 Å². The average molecular weight is 416 g/mol. The van der Waals surface area contributed by atoms with Gasteiger partial charge in [-0.15, -0.1) is 0 Å². The number of hydrogen-bond acceptors (Lipinski definition) is 5. The molecule has 9 heteroatoms. The summed E-state index contributed by atoms with van der Waals surface area (Å²) in [5, 5.41) is 5.77. The number of piperidine rings is 1. The van der Waals surface area contributed by atoms with Gasteiger partial charge in [-0.3, -0.25) is 19.4 Å². The molecule has 1 atom stereocenters. The van der Waals surface area contributed by atoms with Crippen LogP contribution in [-0.2, 0) is 9.59 Å². The Kier molecular flexibility index (Phi) is 5.27. The number of amides is 2. The molecular weight excluding hydrogens is 394 g/mol. The molecule has 2 aromatic rings. The summed E-state index contributed by atoms with van der Waals surface area (Å²) < 4.78 is 0. The summed E-state index contributed by atoms with van der Waals surface area (Å²) in [6.07, 6.45) is 3.06. The number of nitrogens with zero attached hydrogens (tertiary/aromatic N) is 2. The summed E-state index contributed by atoms with van der Waals surface area (Å²) in [5.41, 5.74) is 1.15. The molecule has 1 aromatic carbocycles. The number of aromatic nitrogens is 2. The van der Waals surface area contributed by atoms with Crippen molar-refractivity contribution in [1.29, 1.82) is 0 Å². The number of aryl methyl sites for hydroxylation is 1. The van der Waals surface area contributed by atoms with E-state index in [2.05, 4.69) is 20.6 Å². The SMILES string of the molecule is Cc1ccc(NC(=O)C2CC(=O)Nc3nc(N4CCCCC4)[nH]c(=O)c32)c(Cl)c1. The highest BCUT2D eigenvalue weighted by atomic mass is 35.5. The smallest absolute Gasteiger partial charge is 0.258 e. The molecule has 1 saturated heterocycles. The molecule has 8 nitrogen and oxygen atoms in total. The van der Waals surface area contributed by atoms with E-state index in [1.807, 2.05) is 17.9 Å². The highest BCUT2D eigenvalue weighted by Gasteiger charge is 2.35. The van der Waals surface area contributed by atoms with Crippen LogP contribution in [0.5, 0.6) is 0 Å². The van der Waals surface area contributed by atoms with Crippen molar-refractivity contribution in [3.63, 3.8) is 0 Å². The van der Waals surface area contributed by atoms with Gasteiger partial charge in [0.1, 0.15) is 5.82 Å². The van der Waals surface area contributed by atoms with Gasteiger partial charge in [0.25, 0.3) is 5.56 Å². The van der Waals surface area contributed by atoms with Crippen molar-refractivity contribution in [3.05, 3.63) is 44.7 Å². The Morgan fingerprint density at radius 2 is 2.00 bits per heavy atom. The highest BCUT2D eigenvalue weighted by molar-refractivity contribution is 6.33. The molecule has 152 valence electrons. The average Bonchev–Trinajstić information content (AvgIpc) is 2.69. The number of carbonyl (C=O) groups is 2. The molecule has 2 aliphatic heterocycles. The predicted molar refractivity (Wildman–Crippen MR) is 112 cm³/mol. The molecule has 3 heterocycles. The number of carbonyl (C=O) groups excluding carboxylic acids is 2. The summed E-state index contributed by atoms with van der Waals surface area (Å²) in [6, 6.07) is 5.25. The van der Waals surface area contributed by atoms with Crippen LogP contribution in [0.25, 0.3) is 0 Å². The molecular formula is C20H22ClN5O3. The second-order valence-electron chi connectivity index (χ2n) is 7.48. The summed E-state index contributed by atoms with van der Waals surface area (Å²) in [4.78, 5) is 47.2. The molecule has 3 N–H and O–H groups in total. The first-order valence-corrected chi connectivity index (χ1v) is 10.1. The maximum Gasteiger partial charge on any atom is 0.258 e. The molecule has 0 spiro atoms. The monoisotopic (exact) mass is 415 g/mol. The lowest BCUT2D eigenvalue weighted by Crippen LogP contribution is -2.38. The number of halogens is 1. The van der Waals surface area contributed by atoms with E-state index in [4.69, 9.17) is 11.6 Å². The van der Waals surface area contributed by atoms with E-state index in [0.29, 0.717) is 16.7 Å². The minimum atomic E-state index is -0.942. The standard InChI is InChI=1S/C20H22ClN5O3/c1-11-5-6-14(13(21)9-11)22-18(28)12-10-15(27)23-17-16(12)19(29)25-20(24-17)26-7-3-2-4-8-26/h5-6,9,12H,2-4,7-8,10H2,1H3,(H,22,28)(H2,23,24,25,27,29). The Bertz CT molecular complexity index is 1030. The zero-order chi connectivity index (χ0) is 20.5. The molecule has 29 heavy (non-hydrogen) atoms. The lowest BCUT2D eigenvalue weighted by atomic mass is 9.92. The summed E-state index contributed by atoms with van der Waals surface area (Å²) in [6.45, 7) is 3.49. The molecule has 0 bridgehead atoms. The number of nitrogens with one attached hydrogen (secondary N) is 3. The molecule has 4 rings (SSSR count). The third-order valence-electron chi connectivity index (χ3n) is 5.29. The fourth-order valence-electron chi connectivity index (χ4n) is 3.78. The molecule has 0 saturated carbocycles. The largest absolute Gasteiger partial charge is 0.342 e. The van der Waals surface area contributed by atoms with Gasteiger partial charge < -0.3 is 15.5 Å². The van der Waals surface area contributed by atoms with Crippen LogP contribution in [0.4, 0.5) is 17.5 Å². The van der Waals surface area contributed by atoms with Gasteiger partial charge in [-0.2, -0.15) is 4.98 Å². The lowest BCUT2D eigenvalue weighted by Gasteiger charge is -2.29. The summed E-state index contributed by atoms with van der Waals surface area (Å²) in [5.74, 6) is -1.18. The molecule has 2 aliphatic rings. The second kappa shape index (κ2) is 7.87. The molecule has 0 radical (unpaired) electrons. The normalized spacial score (nSPS) is 18.8. The van der Waals surface area contributed by atoms with Crippen molar-refractivity contribution in [1.82, 2.24) is 9.97 Å². The lowest BCUT2D eigenvalue weighted by molar-refractivity contribution is -0.123. The molecule has 2 amide bonds. The van der Waals surface area contributed by atoms with Crippen LogP contribution < -0.4 is 21.1 Å². The second-order valence-corrected chi connectivity index (χ2v) is 7.88. The van der Waals surface area contributed by atoms with E-state index in [1.54, 1.807) is 12.1 Å². The van der Waals surface area contributed by atoms with Gasteiger partial charge in [-0.25, -0.2) is 0 Å². The van der Waals surface area contributed by atoms with Crippen molar-refractivity contribution >= 4 is 40.9 Å². The predicted octanol–water partition coefficient (Wildman–Crippen LogP) is 2.79. The fourth-order valence-corrected chi connectivity index (χ4v) is 4.06. The zero-order valence-corrected chi connectivity index (χ0v) is 16.8. The van der Waals surface area contributed by atoms with Gasteiger partial charge in [0.2, 0.25) is 17.8 Å². The van der Waals surface area contributed by atoms with Gasteiger partial charge in [-0.05, 0) is 43.9 Å². The first kappa shape index (κ1) is 19.4. The van der Waals surface area contributed by atoms with Crippen LogP contribution in [0.2, 0.25) is 5.02 Å². The van der Waals surface area contributed by atoms with Gasteiger partial charge >= 0.3 is 0 Å². The van der Waals surface area contributed by atoms with E-state index in [0.717, 1.165) is 37.9 Å². The maximum atomic E-state index is 12.9. The third kappa shape index (κ3) is 3.98. The number of anilines is 3. The van der Waals surface area contributed by atoms with Crippen LogP contribution in [0.3, 0.4) is 0 Å². The van der Waals surface area contributed by atoms with Crippen LogP contribution in [0.1, 0.15) is 42.7 Å². The quantitative estimate of drug-likeness (QED) is 0.714. The number of rotatable bonds is 3. The van der Waals surface area contributed by atoms with Crippen molar-refractivity contribution in [2.24, 2.45) is 0 Å². The van der Waals surface area contributed by atoms with E-state index in [-0.39, 0.29) is 23.7 Å². The maximum absolute atomic E-state index is 12.9. The molecule has 1 aromatic heterocycles. The van der Waals surface area contributed by atoms with Gasteiger partial charge in [-0.1, -0.05) is 17.7 Å². The number of aromatic amines is 1. The van der Waals surface area contributed by atoms with E-state index >= 15 is 0 Å². The van der Waals surface area contributed by atoms with Crippen molar-refractivity contribution in [2.75, 3.05) is 28.6 Å². The Morgan fingerprint density at radius 1 is 1.24 bits per heavy atom. The van der Waals surface area contributed by atoms with Gasteiger partial charge in [0.15, 0.2) is 0 Å². The Hall–Kier alpha value is -2.87. The number of H-pyrrole nitrogens is 1. The fraction of sp³-hybridized carbons (Fsp3) is 0.400. The van der Waals surface area contributed by atoms with Crippen molar-refractivity contribution < 1.29 is 9.59 Å². The van der Waals surface area contributed by atoms with Crippen LogP contribution in [0, 0.1) is 6.92 Å². The topological polar surface area (TPSA) is 107 Å². The number of fused-ring (bicyclic) bond motifs is 1. The van der Waals surface area contributed by atoms with Crippen molar-refractivity contribution in [2.45, 2.75) is 38.5 Å². The van der Waals surface area contributed by atoms with Crippen LogP contribution >= 0.6 is 11.6 Å². The van der Waals surface area contributed by atoms with E-state index < -0.39 is 17.4 Å². The first-order valence-electron chi connectivity index (χ1n) is 9.68. The summed E-state index contributed by atoms with van der Waals surface area (Å²) >= 11 is 6.20. The first-order chi connectivity index (χ1) is 13.9. The Labute approximate surface area is 172 Å².